The van der Waals surface area contributed by atoms with E-state index < -0.39 is 0 Å². The van der Waals surface area contributed by atoms with Crippen molar-refractivity contribution < 1.29 is 23.4 Å². The molecule has 3 aromatic rings. The molecule has 0 bridgehead atoms. The molecule has 30 heavy (non-hydrogen) atoms. The van der Waals surface area contributed by atoms with Crippen molar-refractivity contribution in [2.75, 3.05) is 20.3 Å². The predicted octanol–water partition coefficient (Wildman–Crippen LogP) is 4.66. The van der Waals surface area contributed by atoms with Gasteiger partial charge in [0.1, 0.15) is 11.3 Å². The highest BCUT2D eigenvalue weighted by molar-refractivity contribution is 5.88. The zero-order valence-electron chi connectivity index (χ0n) is 17.6. The quantitative estimate of drug-likeness (QED) is 0.641. The van der Waals surface area contributed by atoms with Crippen LogP contribution in [0.25, 0.3) is 11.0 Å². The first-order valence-electron chi connectivity index (χ1n) is 10.3. The summed E-state index contributed by atoms with van der Waals surface area (Å²) in [4.78, 5) is 12.9. The molecule has 1 aliphatic rings. The van der Waals surface area contributed by atoms with E-state index in [9.17, 15) is 4.79 Å². The molecule has 2 heterocycles. The minimum atomic E-state index is -0.132. The van der Waals surface area contributed by atoms with Crippen molar-refractivity contribution in [1.29, 1.82) is 0 Å². The van der Waals surface area contributed by atoms with Gasteiger partial charge in [0, 0.05) is 23.4 Å². The molecule has 0 fully saturated rings. The van der Waals surface area contributed by atoms with Crippen LogP contribution in [0.3, 0.4) is 0 Å². The molecule has 1 unspecified atom stereocenters. The van der Waals surface area contributed by atoms with E-state index in [2.05, 4.69) is 19.2 Å². The summed E-state index contributed by atoms with van der Waals surface area (Å²) in [5.41, 5.74) is 2.57. The first-order chi connectivity index (χ1) is 14.5. The van der Waals surface area contributed by atoms with Crippen LogP contribution in [-0.4, -0.2) is 26.2 Å². The Bertz CT molecular complexity index is 1040. The number of rotatable bonds is 6. The average Bonchev–Trinajstić information content (AvgIpc) is 2.98. The SMILES string of the molecule is COc1ccc2c(CC(=O)NC(c3ccc4c(c3)OCCCO4)C(C)C)coc2c1. The lowest BCUT2D eigenvalue weighted by atomic mass is 9.95. The molecule has 6 heteroatoms. The van der Waals surface area contributed by atoms with Crippen LogP contribution in [0, 0.1) is 5.92 Å². The van der Waals surface area contributed by atoms with Crippen LogP contribution in [0.5, 0.6) is 17.2 Å². The minimum absolute atomic E-state index is 0.0562. The van der Waals surface area contributed by atoms with Crippen LogP contribution in [-0.2, 0) is 11.2 Å². The van der Waals surface area contributed by atoms with E-state index in [4.69, 9.17) is 18.6 Å². The number of amides is 1. The third-order valence-corrected chi connectivity index (χ3v) is 5.33. The molecule has 0 aliphatic carbocycles. The van der Waals surface area contributed by atoms with Gasteiger partial charge in [0.05, 0.1) is 39.0 Å². The van der Waals surface area contributed by atoms with E-state index in [1.165, 1.54) is 0 Å². The van der Waals surface area contributed by atoms with Gasteiger partial charge in [0.15, 0.2) is 11.5 Å². The Hall–Kier alpha value is -3.15. The van der Waals surface area contributed by atoms with E-state index >= 15 is 0 Å². The van der Waals surface area contributed by atoms with Crippen molar-refractivity contribution in [2.45, 2.75) is 32.7 Å². The van der Waals surface area contributed by atoms with Gasteiger partial charge >= 0.3 is 0 Å². The fraction of sp³-hybridized carbons (Fsp3) is 0.375. The number of ether oxygens (including phenoxy) is 3. The molecule has 2 aromatic carbocycles. The maximum absolute atomic E-state index is 12.9. The van der Waals surface area contributed by atoms with Gasteiger partial charge in [0.2, 0.25) is 5.91 Å². The van der Waals surface area contributed by atoms with Crippen LogP contribution in [0.1, 0.15) is 37.4 Å². The number of methoxy groups -OCH3 is 1. The number of furan rings is 1. The molecule has 4 rings (SSSR count). The fourth-order valence-corrected chi connectivity index (χ4v) is 3.73. The van der Waals surface area contributed by atoms with Gasteiger partial charge < -0.3 is 23.9 Å². The zero-order chi connectivity index (χ0) is 21.1. The summed E-state index contributed by atoms with van der Waals surface area (Å²) in [6.45, 7) is 5.47. The molecule has 6 nitrogen and oxygen atoms in total. The number of hydrogen-bond donors (Lipinski definition) is 1. The summed E-state index contributed by atoms with van der Waals surface area (Å²) in [6.07, 6.45) is 2.74. The molecular weight excluding hydrogens is 382 g/mol. The highest BCUT2D eigenvalue weighted by Gasteiger charge is 2.22. The van der Waals surface area contributed by atoms with E-state index in [0.29, 0.717) is 18.8 Å². The summed E-state index contributed by atoms with van der Waals surface area (Å²) >= 11 is 0. The third-order valence-electron chi connectivity index (χ3n) is 5.33. The van der Waals surface area contributed by atoms with Crippen molar-refractivity contribution in [2.24, 2.45) is 5.92 Å². The van der Waals surface area contributed by atoms with Crippen molar-refractivity contribution in [3.63, 3.8) is 0 Å². The number of benzene rings is 2. The number of hydrogen-bond acceptors (Lipinski definition) is 5. The average molecular weight is 409 g/mol. The summed E-state index contributed by atoms with van der Waals surface area (Å²) < 4.78 is 22.4. The van der Waals surface area contributed by atoms with E-state index in [1.807, 2.05) is 36.4 Å². The fourth-order valence-electron chi connectivity index (χ4n) is 3.73. The molecule has 0 spiro atoms. The third kappa shape index (κ3) is 4.22. The molecule has 1 N–H and O–H groups in total. The second-order valence-corrected chi connectivity index (χ2v) is 7.85. The first kappa shape index (κ1) is 20.1. The van der Waals surface area contributed by atoms with Crippen molar-refractivity contribution in [1.82, 2.24) is 5.32 Å². The Morgan fingerprint density at radius 1 is 1.10 bits per heavy atom. The van der Waals surface area contributed by atoms with Crippen LogP contribution in [0.15, 0.2) is 47.1 Å². The van der Waals surface area contributed by atoms with Crippen molar-refractivity contribution >= 4 is 16.9 Å². The van der Waals surface area contributed by atoms with Gasteiger partial charge in [-0.2, -0.15) is 0 Å². The Morgan fingerprint density at radius 3 is 2.67 bits per heavy atom. The van der Waals surface area contributed by atoms with Crippen LogP contribution >= 0.6 is 0 Å². The van der Waals surface area contributed by atoms with Gasteiger partial charge in [0.25, 0.3) is 0 Å². The Balaban J connectivity index is 1.51. The van der Waals surface area contributed by atoms with E-state index in [0.717, 1.165) is 40.2 Å². The van der Waals surface area contributed by atoms with Gasteiger partial charge in [-0.05, 0) is 35.7 Å². The largest absolute Gasteiger partial charge is 0.497 e. The first-order valence-corrected chi connectivity index (χ1v) is 10.3. The van der Waals surface area contributed by atoms with Gasteiger partial charge in [-0.25, -0.2) is 0 Å². The molecule has 1 amide bonds. The Labute approximate surface area is 176 Å². The summed E-state index contributed by atoms with van der Waals surface area (Å²) in [5, 5.41) is 4.10. The monoisotopic (exact) mass is 409 g/mol. The highest BCUT2D eigenvalue weighted by atomic mass is 16.5. The smallest absolute Gasteiger partial charge is 0.225 e. The van der Waals surface area contributed by atoms with Gasteiger partial charge in [-0.15, -0.1) is 0 Å². The molecule has 1 aliphatic heterocycles. The highest BCUT2D eigenvalue weighted by Crippen LogP contribution is 2.34. The van der Waals surface area contributed by atoms with E-state index in [-0.39, 0.29) is 24.3 Å². The number of nitrogens with one attached hydrogen (secondary N) is 1. The topological polar surface area (TPSA) is 69.9 Å². The van der Waals surface area contributed by atoms with Crippen LogP contribution in [0.2, 0.25) is 0 Å². The zero-order valence-corrected chi connectivity index (χ0v) is 17.6. The van der Waals surface area contributed by atoms with Gasteiger partial charge in [-0.3, -0.25) is 4.79 Å². The Kier molecular flexibility index (Phi) is 5.84. The predicted molar refractivity (Wildman–Crippen MR) is 114 cm³/mol. The van der Waals surface area contributed by atoms with Gasteiger partial charge in [-0.1, -0.05) is 19.9 Å². The summed E-state index contributed by atoms with van der Waals surface area (Å²) in [5.74, 6) is 2.37. The lowest BCUT2D eigenvalue weighted by Crippen LogP contribution is -2.32. The Morgan fingerprint density at radius 2 is 1.90 bits per heavy atom. The second-order valence-electron chi connectivity index (χ2n) is 7.85. The lowest BCUT2D eigenvalue weighted by molar-refractivity contribution is -0.121. The molecule has 0 radical (unpaired) electrons. The van der Waals surface area contributed by atoms with Crippen molar-refractivity contribution in [3.8, 4) is 17.2 Å². The molecule has 1 atom stereocenters. The number of carbonyl (C=O) groups excluding carboxylic acids is 1. The maximum atomic E-state index is 12.9. The minimum Gasteiger partial charge on any atom is -0.497 e. The number of carbonyl (C=O) groups is 1. The second kappa shape index (κ2) is 8.69. The summed E-state index contributed by atoms with van der Waals surface area (Å²) in [6, 6.07) is 11.4. The molecule has 0 saturated heterocycles. The summed E-state index contributed by atoms with van der Waals surface area (Å²) in [7, 11) is 1.62. The van der Waals surface area contributed by atoms with Crippen molar-refractivity contribution in [3.05, 3.63) is 53.8 Å². The maximum Gasteiger partial charge on any atom is 0.225 e. The molecule has 0 saturated carbocycles. The normalized spacial score (nSPS) is 14.4. The van der Waals surface area contributed by atoms with E-state index in [1.54, 1.807) is 13.4 Å². The molecule has 1 aromatic heterocycles. The molecular formula is C24H27NO5. The standard InChI is InChI=1S/C24H27NO5/c1-15(2)24(16-5-8-20-22(11-16)29-10-4-9-28-20)25-23(26)12-17-14-30-21-13-18(27-3)6-7-19(17)21/h5-8,11,13-15,24H,4,9-10,12H2,1-3H3,(H,25,26). The molecule has 158 valence electrons. The number of fused-ring (bicyclic) bond motifs is 2. The van der Waals surface area contributed by atoms with Crippen LogP contribution < -0.4 is 19.5 Å². The lowest BCUT2D eigenvalue weighted by Gasteiger charge is -2.24. The van der Waals surface area contributed by atoms with Crippen LogP contribution in [0.4, 0.5) is 0 Å².